The van der Waals surface area contributed by atoms with Crippen LogP contribution < -0.4 is 10.1 Å². The molecule has 1 aromatic heterocycles. The molecule has 4 nitrogen and oxygen atoms in total. The summed E-state index contributed by atoms with van der Waals surface area (Å²) in [5.41, 5.74) is 3.04. The highest BCUT2D eigenvalue weighted by Crippen LogP contribution is 2.29. The second kappa shape index (κ2) is 5.67. The van der Waals surface area contributed by atoms with E-state index in [2.05, 4.69) is 31.1 Å². The van der Waals surface area contributed by atoms with Crippen LogP contribution in [0.5, 0.6) is 5.75 Å². The van der Waals surface area contributed by atoms with Gasteiger partial charge in [-0.25, -0.2) is 4.98 Å². The number of methoxy groups -OCH3 is 1. The Morgan fingerprint density at radius 1 is 1.30 bits per heavy atom. The summed E-state index contributed by atoms with van der Waals surface area (Å²) >= 11 is 0. The highest BCUT2D eigenvalue weighted by Gasteiger charge is 2.15. The quantitative estimate of drug-likeness (QED) is 0.926. The van der Waals surface area contributed by atoms with E-state index in [0.717, 1.165) is 28.3 Å². The Kier molecular flexibility index (Phi) is 4.14. The minimum absolute atomic E-state index is 0.0428. The van der Waals surface area contributed by atoms with Crippen molar-refractivity contribution in [2.45, 2.75) is 39.8 Å². The van der Waals surface area contributed by atoms with E-state index >= 15 is 0 Å². The van der Waals surface area contributed by atoms with Crippen molar-refractivity contribution in [2.24, 2.45) is 0 Å². The van der Waals surface area contributed by atoms with Gasteiger partial charge in [-0.1, -0.05) is 12.1 Å². The van der Waals surface area contributed by atoms with Gasteiger partial charge in [-0.15, -0.1) is 0 Å². The van der Waals surface area contributed by atoms with Gasteiger partial charge in [0.1, 0.15) is 11.4 Å². The molecule has 0 spiro atoms. The molecule has 0 bridgehead atoms. The topological polar surface area (TPSA) is 47.3 Å². The number of aryl methyl sites for hydroxylation is 1. The molecule has 0 saturated heterocycles. The maximum absolute atomic E-state index is 5.55. The van der Waals surface area contributed by atoms with Crippen LogP contribution in [-0.4, -0.2) is 17.6 Å². The third kappa shape index (κ3) is 3.39. The zero-order valence-corrected chi connectivity index (χ0v) is 12.8. The SMILES string of the molecule is COc1cc(-c2ocnc2CNC(C)(C)C)ccc1C. The van der Waals surface area contributed by atoms with Crippen LogP contribution >= 0.6 is 0 Å². The summed E-state index contributed by atoms with van der Waals surface area (Å²) in [5, 5.41) is 3.42. The molecular weight excluding hydrogens is 252 g/mol. The maximum Gasteiger partial charge on any atom is 0.181 e. The fourth-order valence-corrected chi connectivity index (χ4v) is 1.94. The summed E-state index contributed by atoms with van der Waals surface area (Å²) in [5.74, 6) is 1.65. The van der Waals surface area contributed by atoms with E-state index in [1.54, 1.807) is 7.11 Å². The number of nitrogens with zero attached hydrogens (tertiary/aromatic N) is 1. The zero-order valence-electron chi connectivity index (χ0n) is 12.8. The first-order chi connectivity index (χ1) is 9.40. The van der Waals surface area contributed by atoms with E-state index in [9.17, 15) is 0 Å². The number of ether oxygens (including phenoxy) is 1. The van der Waals surface area contributed by atoms with Gasteiger partial charge in [-0.3, -0.25) is 0 Å². The maximum atomic E-state index is 5.55. The summed E-state index contributed by atoms with van der Waals surface area (Å²) in [4.78, 5) is 4.30. The third-order valence-electron chi connectivity index (χ3n) is 3.10. The molecule has 0 radical (unpaired) electrons. The van der Waals surface area contributed by atoms with Gasteiger partial charge < -0.3 is 14.5 Å². The van der Waals surface area contributed by atoms with E-state index in [0.29, 0.717) is 6.54 Å². The number of aromatic nitrogens is 1. The fraction of sp³-hybridized carbons (Fsp3) is 0.438. The average molecular weight is 274 g/mol. The van der Waals surface area contributed by atoms with Crippen molar-refractivity contribution in [3.8, 4) is 17.1 Å². The lowest BCUT2D eigenvalue weighted by Gasteiger charge is -2.19. The standard InChI is InChI=1S/C16H22N2O2/c1-11-6-7-12(8-14(11)19-5)15-13(17-10-20-15)9-18-16(2,3)4/h6-8,10,18H,9H2,1-5H3. The molecule has 0 fully saturated rings. The van der Waals surface area contributed by atoms with E-state index in [1.807, 2.05) is 25.1 Å². The van der Waals surface area contributed by atoms with E-state index < -0.39 is 0 Å². The molecule has 0 aliphatic heterocycles. The smallest absolute Gasteiger partial charge is 0.181 e. The Morgan fingerprint density at radius 2 is 2.05 bits per heavy atom. The average Bonchev–Trinajstić information content (AvgIpc) is 2.84. The number of nitrogens with one attached hydrogen (secondary N) is 1. The normalized spacial score (nSPS) is 11.7. The number of hydrogen-bond acceptors (Lipinski definition) is 4. The van der Waals surface area contributed by atoms with Crippen molar-refractivity contribution in [1.29, 1.82) is 0 Å². The Bertz CT molecular complexity index is 582. The predicted octanol–water partition coefficient (Wildman–Crippen LogP) is 3.55. The highest BCUT2D eigenvalue weighted by molar-refractivity contribution is 5.63. The molecule has 108 valence electrons. The molecule has 4 heteroatoms. The van der Waals surface area contributed by atoms with Gasteiger partial charge in [0.25, 0.3) is 0 Å². The van der Waals surface area contributed by atoms with Crippen LogP contribution in [0.15, 0.2) is 29.0 Å². The lowest BCUT2D eigenvalue weighted by atomic mass is 10.1. The van der Waals surface area contributed by atoms with Crippen molar-refractivity contribution in [3.63, 3.8) is 0 Å². The van der Waals surface area contributed by atoms with Crippen LogP contribution in [0.1, 0.15) is 32.0 Å². The van der Waals surface area contributed by atoms with Crippen molar-refractivity contribution in [3.05, 3.63) is 35.9 Å². The molecule has 0 atom stereocenters. The zero-order chi connectivity index (χ0) is 14.8. The van der Waals surface area contributed by atoms with Crippen molar-refractivity contribution in [1.82, 2.24) is 10.3 Å². The molecule has 0 amide bonds. The van der Waals surface area contributed by atoms with Crippen molar-refractivity contribution in [2.75, 3.05) is 7.11 Å². The van der Waals surface area contributed by atoms with Gasteiger partial charge in [0.05, 0.1) is 7.11 Å². The largest absolute Gasteiger partial charge is 0.496 e. The van der Waals surface area contributed by atoms with Gasteiger partial charge in [-0.05, 0) is 39.3 Å². The van der Waals surface area contributed by atoms with Crippen molar-refractivity contribution < 1.29 is 9.15 Å². The fourth-order valence-electron chi connectivity index (χ4n) is 1.94. The lowest BCUT2D eigenvalue weighted by molar-refractivity contribution is 0.411. The lowest BCUT2D eigenvalue weighted by Crippen LogP contribution is -2.35. The van der Waals surface area contributed by atoms with Gasteiger partial charge in [0, 0.05) is 17.6 Å². The Labute approximate surface area is 120 Å². The Hall–Kier alpha value is -1.81. The summed E-state index contributed by atoms with van der Waals surface area (Å²) in [6.45, 7) is 9.07. The molecule has 20 heavy (non-hydrogen) atoms. The number of hydrogen-bond donors (Lipinski definition) is 1. The third-order valence-corrected chi connectivity index (χ3v) is 3.10. The van der Waals surface area contributed by atoms with Crippen LogP contribution in [0, 0.1) is 6.92 Å². The van der Waals surface area contributed by atoms with Gasteiger partial charge in [-0.2, -0.15) is 0 Å². The highest BCUT2D eigenvalue weighted by atomic mass is 16.5. The van der Waals surface area contributed by atoms with Crippen LogP contribution in [0.25, 0.3) is 11.3 Å². The van der Waals surface area contributed by atoms with E-state index in [1.165, 1.54) is 6.39 Å². The van der Waals surface area contributed by atoms with Crippen LogP contribution in [0.3, 0.4) is 0 Å². The summed E-state index contributed by atoms with van der Waals surface area (Å²) in [6, 6.07) is 6.03. The molecule has 0 unspecified atom stereocenters. The first-order valence-electron chi connectivity index (χ1n) is 6.73. The molecule has 2 rings (SSSR count). The molecule has 1 aromatic carbocycles. The summed E-state index contributed by atoms with van der Waals surface area (Å²) < 4.78 is 10.9. The molecule has 2 aromatic rings. The minimum atomic E-state index is 0.0428. The number of oxazole rings is 1. The van der Waals surface area contributed by atoms with Crippen LogP contribution in [0.2, 0.25) is 0 Å². The molecular formula is C16H22N2O2. The van der Waals surface area contributed by atoms with Gasteiger partial charge in [0.15, 0.2) is 12.2 Å². The molecule has 0 aliphatic rings. The van der Waals surface area contributed by atoms with Crippen LogP contribution in [-0.2, 0) is 6.54 Å². The van der Waals surface area contributed by atoms with Crippen LogP contribution in [0.4, 0.5) is 0 Å². The first kappa shape index (κ1) is 14.6. The minimum Gasteiger partial charge on any atom is -0.496 e. The molecule has 0 saturated carbocycles. The van der Waals surface area contributed by atoms with E-state index in [-0.39, 0.29) is 5.54 Å². The molecule has 1 heterocycles. The number of benzene rings is 1. The molecule has 1 N–H and O–H groups in total. The monoisotopic (exact) mass is 274 g/mol. The summed E-state index contributed by atoms with van der Waals surface area (Å²) in [6.07, 6.45) is 1.49. The Morgan fingerprint density at radius 3 is 2.70 bits per heavy atom. The number of rotatable bonds is 4. The second-order valence-corrected chi connectivity index (χ2v) is 5.92. The molecule has 0 aliphatic carbocycles. The Balaban J connectivity index is 2.27. The second-order valence-electron chi connectivity index (χ2n) is 5.92. The van der Waals surface area contributed by atoms with Gasteiger partial charge in [0.2, 0.25) is 0 Å². The first-order valence-corrected chi connectivity index (χ1v) is 6.73. The summed E-state index contributed by atoms with van der Waals surface area (Å²) in [7, 11) is 1.68. The van der Waals surface area contributed by atoms with Crippen molar-refractivity contribution >= 4 is 0 Å². The van der Waals surface area contributed by atoms with Gasteiger partial charge >= 0.3 is 0 Å². The van der Waals surface area contributed by atoms with E-state index in [4.69, 9.17) is 9.15 Å². The predicted molar refractivity (Wildman–Crippen MR) is 79.8 cm³/mol.